The van der Waals surface area contributed by atoms with E-state index >= 15 is 0 Å². The van der Waals surface area contributed by atoms with Gasteiger partial charge in [-0.2, -0.15) is 0 Å². The highest BCUT2D eigenvalue weighted by Crippen LogP contribution is 2.11. The Morgan fingerprint density at radius 2 is 2.12 bits per heavy atom. The molecule has 1 aromatic heterocycles. The van der Waals surface area contributed by atoms with Gasteiger partial charge in [0.15, 0.2) is 5.78 Å². The molecule has 0 atom stereocenters. The van der Waals surface area contributed by atoms with E-state index in [9.17, 15) is 4.79 Å². The van der Waals surface area contributed by atoms with Crippen LogP contribution in [-0.4, -0.2) is 22.9 Å². The number of hydrogen-bond acceptors (Lipinski definition) is 4. The average Bonchev–Trinajstić information content (AvgIpc) is 2.17. The van der Waals surface area contributed by atoms with Crippen LogP contribution in [0, 0.1) is 6.92 Å². The summed E-state index contributed by atoms with van der Waals surface area (Å²) in [6, 6.07) is 1.77. The van der Waals surface area contributed by atoms with Gasteiger partial charge in [0.2, 0.25) is 0 Å². The van der Waals surface area contributed by atoms with Crippen molar-refractivity contribution in [1.29, 1.82) is 0 Å². The van der Waals surface area contributed by atoms with Gasteiger partial charge in [-0.1, -0.05) is 0 Å². The quantitative estimate of drug-likeness (QED) is 0.760. The number of carbonyl (C=O) groups is 1. The molecule has 0 amide bonds. The highest BCUT2D eigenvalue weighted by Gasteiger charge is 2.15. The topological polar surface area (TPSA) is 68.0 Å². The molecule has 16 heavy (non-hydrogen) atoms. The molecule has 4 nitrogen and oxygen atoms in total. The standard InChI is InChI=1S/C12H19N3O/c1-8-5-9(11(13)14-6-8)10(16)7-15-12(2,3)4/h5-6,15H,7H2,1-4H3,(H2,13,14). The highest BCUT2D eigenvalue weighted by molar-refractivity contribution is 6.01. The van der Waals surface area contributed by atoms with Crippen LogP contribution in [0.15, 0.2) is 12.3 Å². The monoisotopic (exact) mass is 221 g/mol. The predicted octanol–water partition coefficient (Wildman–Crippen LogP) is 1.54. The number of nitrogens with two attached hydrogens (primary N) is 1. The summed E-state index contributed by atoms with van der Waals surface area (Å²) in [5, 5.41) is 3.13. The molecular formula is C12H19N3O. The zero-order valence-electron chi connectivity index (χ0n) is 10.3. The molecule has 0 aromatic carbocycles. The van der Waals surface area contributed by atoms with Crippen molar-refractivity contribution >= 4 is 11.6 Å². The first-order valence-electron chi connectivity index (χ1n) is 5.30. The van der Waals surface area contributed by atoms with E-state index in [-0.39, 0.29) is 17.9 Å². The van der Waals surface area contributed by atoms with Gasteiger partial charge in [-0.25, -0.2) is 4.98 Å². The molecule has 1 heterocycles. The summed E-state index contributed by atoms with van der Waals surface area (Å²) in [4.78, 5) is 15.9. The smallest absolute Gasteiger partial charge is 0.180 e. The van der Waals surface area contributed by atoms with Gasteiger partial charge >= 0.3 is 0 Å². The molecular weight excluding hydrogens is 202 g/mol. The third kappa shape index (κ3) is 3.62. The number of nitrogen functional groups attached to an aromatic ring is 1. The van der Waals surface area contributed by atoms with Gasteiger partial charge in [-0.15, -0.1) is 0 Å². The van der Waals surface area contributed by atoms with Gasteiger partial charge in [0.1, 0.15) is 5.82 Å². The van der Waals surface area contributed by atoms with E-state index in [0.717, 1.165) is 5.56 Å². The summed E-state index contributed by atoms with van der Waals surface area (Å²) in [7, 11) is 0. The van der Waals surface area contributed by atoms with E-state index in [4.69, 9.17) is 5.73 Å². The van der Waals surface area contributed by atoms with Crippen LogP contribution in [0.1, 0.15) is 36.7 Å². The van der Waals surface area contributed by atoms with Crippen molar-refractivity contribution in [3.8, 4) is 0 Å². The Morgan fingerprint density at radius 3 is 2.69 bits per heavy atom. The second-order valence-electron chi connectivity index (χ2n) is 4.97. The summed E-state index contributed by atoms with van der Waals surface area (Å²) in [6.07, 6.45) is 1.66. The van der Waals surface area contributed by atoms with Crippen LogP contribution in [0.25, 0.3) is 0 Å². The van der Waals surface area contributed by atoms with Gasteiger partial charge in [0.05, 0.1) is 12.1 Å². The van der Waals surface area contributed by atoms with Crippen LogP contribution in [0.5, 0.6) is 0 Å². The van der Waals surface area contributed by atoms with Crippen LogP contribution in [-0.2, 0) is 0 Å². The minimum atomic E-state index is -0.0817. The van der Waals surface area contributed by atoms with Crippen molar-refractivity contribution in [3.05, 3.63) is 23.4 Å². The minimum Gasteiger partial charge on any atom is -0.383 e. The van der Waals surface area contributed by atoms with Crippen LogP contribution >= 0.6 is 0 Å². The van der Waals surface area contributed by atoms with Crippen molar-refractivity contribution in [3.63, 3.8) is 0 Å². The maximum Gasteiger partial charge on any atom is 0.180 e. The Bertz CT molecular complexity index is 394. The lowest BCUT2D eigenvalue weighted by Gasteiger charge is -2.20. The van der Waals surface area contributed by atoms with Crippen LogP contribution < -0.4 is 11.1 Å². The summed E-state index contributed by atoms with van der Waals surface area (Å²) in [5.74, 6) is 0.273. The van der Waals surface area contributed by atoms with Gasteiger partial charge in [-0.3, -0.25) is 4.79 Å². The molecule has 0 aliphatic carbocycles. The number of Topliss-reactive ketones (excluding diaryl/α,β-unsaturated/α-hetero) is 1. The molecule has 4 heteroatoms. The number of pyridine rings is 1. The molecule has 0 saturated heterocycles. The molecule has 0 aliphatic rings. The SMILES string of the molecule is Cc1cnc(N)c(C(=O)CNC(C)(C)C)c1. The number of aryl methyl sites for hydroxylation is 1. The minimum absolute atomic E-state index is 0.0244. The second kappa shape index (κ2) is 4.61. The number of rotatable bonds is 3. The molecule has 3 N–H and O–H groups in total. The molecule has 0 spiro atoms. The van der Waals surface area contributed by atoms with Gasteiger partial charge in [0.25, 0.3) is 0 Å². The molecule has 0 bridgehead atoms. The van der Waals surface area contributed by atoms with Crippen molar-refractivity contribution < 1.29 is 4.79 Å². The molecule has 88 valence electrons. The molecule has 1 rings (SSSR count). The van der Waals surface area contributed by atoms with Crippen molar-refractivity contribution in [1.82, 2.24) is 10.3 Å². The number of anilines is 1. The van der Waals surface area contributed by atoms with Crippen molar-refractivity contribution in [2.75, 3.05) is 12.3 Å². The third-order valence-electron chi connectivity index (χ3n) is 2.13. The Kier molecular flexibility index (Phi) is 3.65. The average molecular weight is 221 g/mol. The highest BCUT2D eigenvalue weighted by atomic mass is 16.1. The lowest BCUT2D eigenvalue weighted by molar-refractivity contribution is 0.0982. The Morgan fingerprint density at radius 1 is 1.50 bits per heavy atom. The Balaban J connectivity index is 2.77. The second-order valence-corrected chi connectivity index (χ2v) is 4.97. The van der Waals surface area contributed by atoms with Crippen molar-refractivity contribution in [2.24, 2.45) is 0 Å². The zero-order chi connectivity index (χ0) is 12.3. The maximum atomic E-state index is 11.9. The summed E-state index contributed by atoms with van der Waals surface area (Å²) in [5.41, 5.74) is 7.02. The normalized spacial score (nSPS) is 11.5. The number of nitrogens with zero attached hydrogens (tertiary/aromatic N) is 1. The summed E-state index contributed by atoms with van der Waals surface area (Å²) >= 11 is 0. The Labute approximate surface area is 96.3 Å². The van der Waals surface area contributed by atoms with E-state index < -0.39 is 0 Å². The fourth-order valence-electron chi connectivity index (χ4n) is 1.24. The number of ketones is 1. The van der Waals surface area contributed by atoms with Crippen molar-refractivity contribution in [2.45, 2.75) is 33.2 Å². The van der Waals surface area contributed by atoms with Crippen LogP contribution in [0.4, 0.5) is 5.82 Å². The predicted molar refractivity (Wildman–Crippen MR) is 65.5 cm³/mol. The number of hydrogen-bond donors (Lipinski definition) is 2. The molecule has 0 unspecified atom stereocenters. The first kappa shape index (κ1) is 12.6. The van der Waals surface area contributed by atoms with E-state index in [2.05, 4.69) is 10.3 Å². The van der Waals surface area contributed by atoms with Gasteiger partial charge in [0, 0.05) is 11.7 Å². The lowest BCUT2D eigenvalue weighted by atomic mass is 10.1. The number of aromatic nitrogens is 1. The molecule has 0 radical (unpaired) electrons. The van der Waals surface area contributed by atoms with Crippen LogP contribution in [0.3, 0.4) is 0 Å². The molecule has 1 aromatic rings. The zero-order valence-corrected chi connectivity index (χ0v) is 10.3. The van der Waals surface area contributed by atoms with Gasteiger partial charge in [-0.05, 0) is 39.3 Å². The number of nitrogens with one attached hydrogen (secondary N) is 1. The van der Waals surface area contributed by atoms with E-state index in [0.29, 0.717) is 11.4 Å². The summed E-state index contributed by atoms with van der Waals surface area (Å²) in [6.45, 7) is 8.20. The van der Waals surface area contributed by atoms with E-state index in [1.807, 2.05) is 27.7 Å². The third-order valence-corrected chi connectivity index (χ3v) is 2.13. The molecule has 0 aliphatic heterocycles. The first-order chi connectivity index (χ1) is 7.29. The van der Waals surface area contributed by atoms with E-state index in [1.54, 1.807) is 12.3 Å². The van der Waals surface area contributed by atoms with E-state index in [1.165, 1.54) is 0 Å². The fraction of sp³-hybridized carbons (Fsp3) is 0.500. The van der Waals surface area contributed by atoms with Crippen LogP contribution in [0.2, 0.25) is 0 Å². The van der Waals surface area contributed by atoms with Gasteiger partial charge < -0.3 is 11.1 Å². The Hall–Kier alpha value is -1.42. The lowest BCUT2D eigenvalue weighted by Crippen LogP contribution is -2.39. The molecule has 0 fully saturated rings. The first-order valence-corrected chi connectivity index (χ1v) is 5.30. The fourth-order valence-corrected chi connectivity index (χ4v) is 1.24. The molecule has 0 saturated carbocycles. The largest absolute Gasteiger partial charge is 0.383 e. The number of carbonyl (C=O) groups excluding carboxylic acids is 1. The maximum absolute atomic E-state index is 11.9. The summed E-state index contributed by atoms with van der Waals surface area (Å²) < 4.78 is 0.